The van der Waals surface area contributed by atoms with Crippen molar-refractivity contribution in [1.29, 1.82) is 0 Å². The Kier molecular flexibility index (Phi) is 7.63. The minimum atomic E-state index is -4.63. The van der Waals surface area contributed by atoms with Gasteiger partial charge in [0.1, 0.15) is 0 Å². The molecule has 1 aromatic carbocycles. The molecule has 0 saturated heterocycles. The lowest BCUT2D eigenvalue weighted by Gasteiger charge is -2.11. The monoisotopic (exact) mass is 431 g/mol. The van der Waals surface area contributed by atoms with Crippen LogP contribution >= 0.6 is 11.6 Å². The Morgan fingerprint density at radius 2 is 1.76 bits per heavy atom. The number of carbonyl (C=O) groups is 2. The third kappa shape index (κ3) is 7.39. The van der Waals surface area contributed by atoms with Crippen molar-refractivity contribution in [2.24, 2.45) is 0 Å². The summed E-state index contributed by atoms with van der Waals surface area (Å²) in [7, 11) is 3.87. The summed E-state index contributed by atoms with van der Waals surface area (Å²) in [4.78, 5) is 25.9. The Labute approximate surface area is 170 Å². The van der Waals surface area contributed by atoms with E-state index in [-0.39, 0.29) is 18.5 Å². The van der Waals surface area contributed by atoms with E-state index >= 15 is 0 Å². The summed E-state index contributed by atoms with van der Waals surface area (Å²) < 4.78 is 40.3. The molecule has 158 valence electrons. The molecule has 2 rings (SSSR count). The fourth-order valence-corrected chi connectivity index (χ4v) is 2.57. The lowest BCUT2D eigenvalue weighted by atomic mass is 10.2. The van der Waals surface area contributed by atoms with Crippen LogP contribution in [0.3, 0.4) is 0 Å². The molecular formula is C18H21ClF3N5O2. The summed E-state index contributed by atoms with van der Waals surface area (Å²) in [6, 6.07) is 3.07. The Morgan fingerprint density at radius 3 is 2.34 bits per heavy atom. The van der Waals surface area contributed by atoms with Crippen LogP contribution in [0, 0.1) is 0 Å². The molecule has 7 nitrogen and oxygen atoms in total. The van der Waals surface area contributed by atoms with Crippen LogP contribution in [0.1, 0.15) is 18.4 Å². The van der Waals surface area contributed by atoms with E-state index in [0.29, 0.717) is 12.2 Å². The zero-order valence-electron chi connectivity index (χ0n) is 15.9. The summed E-state index contributed by atoms with van der Waals surface area (Å²) in [6.45, 7) is 1.45. The molecular weight excluding hydrogens is 411 g/mol. The zero-order chi connectivity index (χ0) is 21.6. The standard InChI is InChI=1S/C18H21ClF3N5O2/c1-26(2)7-8-27-11-13(10-23-27)25-17(29)6-5-16(28)24-12-3-4-15(19)14(9-12)18(20,21)22/h3-4,9-11H,5-8H2,1-2H3,(H,24,28)(H,25,29). The molecule has 11 heteroatoms. The van der Waals surface area contributed by atoms with Gasteiger partial charge in [0.05, 0.1) is 29.0 Å². The van der Waals surface area contributed by atoms with Crippen molar-refractivity contribution in [3.8, 4) is 0 Å². The molecule has 0 fully saturated rings. The average Bonchev–Trinajstić information content (AvgIpc) is 3.06. The van der Waals surface area contributed by atoms with Crippen LogP contribution in [0.15, 0.2) is 30.6 Å². The number of nitrogens with one attached hydrogen (secondary N) is 2. The Balaban J connectivity index is 1.83. The summed E-state index contributed by atoms with van der Waals surface area (Å²) in [5.74, 6) is -0.989. The van der Waals surface area contributed by atoms with E-state index < -0.39 is 28.6 Å². The van der Waals surface area contributed by atoms with Crippen LogP contribution in [0.5, 0.6) is 0 Å². The zero-order valence-corrected chi connectivity index (χ0v) is 16.6. The number of aromatic nitrogens is 2. The van der Waals surface area contributed by atoms with Gasteiger partial charge in [-0.3, -0.25) is 14.3 Å². The first kappa shape index (κ1) is 22.7. The maximum absolute atomic E-state index is 12.9. The van der Waals surface area contributed by atoms with Crippen LogP contribution in [0.2, 0.25) is 5.02 Å². The largest absolute Gasteiger partial charge is 0.417 e. The van der Waals surface area contributed by atoms with Crippen LogP contribution in [-0.2, 0) is 22.3 Å². The number of nitrogens with zero attached hydrogens (tertiary/aromatic N) is 3. The number of benzene rings is 1. The Hall–Kier alpha value is -2.59. The number of amides is 2. The second kappa shape index (κ2) is 9.75. The first-order chi connectivity index (χ1) is 13.5. The lowest BCUT2D eigenvalue weighted by molar-refractivity contribution is -0.137. The maximum atomic E-state index is 12.9. The number of rotatable bonds is 8. The van der Waals surface area contributed by atoms with Gasteiger partial charge in [-0.05, 0) is 32.3 Å². The molecule has 1 aromatic heterocycles. The van der Waals surface area contributed by atoms with Crippen LogP contribution < -0.4 is 10.6 Å². The minimum absolute atomic E-state index is 0.0469. The van der Waals surface area contributed by atoms with Gasteiger partial charge in [0.25, 0.3) is 0 Å². The third-order valence-electron chi connectivity index (χ3n) is 3.83. The molecule has 0 saturated carbocycles. The second-order valence-corrected chi connectivity index (χ2v) is 6.99. The number of carbonyl (C=O) groups excluding carboxylic acids is 2. The smallest absolute Gasteiger partial charge is 0.326 e. The molecule has 0 aliphatic carbocycles. The molecule has 1 heterocycles. The summed E-state index contributed by atoms with van der Waals surface area (Å²) in [5, 5.41) is 8.62. The molecule has 0 atom stereocenters. The number of alkyl halides is 3. The van der Waals surface area contributed by atoms with E-state index in [9.17, 15) is 22.8 Å². The van der Waals surface area contributed by atoms with E-state index in [1.54, 1.807) is 10.9 Å². The van der Waals surface area contributed by atoms with Crippen LogP contribution in [0.25, 0.3) is 0 Å². The van der Waals surface area contributed by atoms with Crippen molar-refractivity contribution in [1.82, 2.24) is 14.7 Å². The van der Waals surface area contributed by atoms with E-state index in [1.807, 2.05) is 19.0 Å². The van der Waals surface area contributed by atoms with E-state index in [2.05, 4.69) is 15.7 Å². The molecule has 2 N–H and O–H groups in total. The van der Waals surface area contributed by atoms with Crippen molar-refractivity contribution < 1.29 is 22.8 Å². The van der Waals surface area contributed by atoms with E-state index in [4.69, 9.17) is 11.6 Å². The van der Waals surface area contributed by atoms with Crippen molar-refractivity contribution in [3.05, 3.63) is 41.2 Å². The van der Waals surface area contributed by atoms with Gasteiger partial charge in [-0.25, -0.2) is 0 Å². The highest BCUT2D eigenvalue weighted by Crippen LogP contribution is 2.36. The van der Waals surface area contributed by atoms with E-state index in [0.717, 1.165) is 18.7 Å². The average molecular weight is 432 g/mol. The maximum Gasteiger partial charge on any atom is 0.417 e. The molecule has 0 spiro atoms. The van der Waals surface area contributed by atoms with Crippen molar-refractivity contribution >= 4 is 34.8 Å². The summed E-state index contributed by atoms with van der Waals surface area (Å²) in [5.41, 5.74) is -0.586. The summed E-state index contributed by atoms with van der Waals surface area (Å²) >= 11 is 5.54. The number of hydrogen-bond donors (Lipinski definition) is 2. The fourth-order valence-electron chi connectivity index (χ4n) is 2.35. The molecule has 0 aliphatic heterocycles. The number of hydrogen-bond acceptors (Lipinski definition) is 4. The molecule has 29 heavy (non-hydrogen) atoms. The third-order valence-corrected chi connectivity index (χ3v) is 4.16. The van der Waals surface area contributed by atoms with Crippen LogP contribution in [0.4, 0.5) is 24.5 Å². The topological polar surface area (TPSA) is 79.3 Å². The van der Waals surface area contributed by atoms with Gasteiger partial charge < -0.3 is 15.5 Å². The number of likely N-dealkylation sites (N-methyl/N-ethyl adjacent to an activating group) is 1. The van der Waals surface area contributed by atoms with Crippen molar-refractivity contribution in [2.75, 3.05) is 31.3 Å². The predicted molar refractivity (Wildman–Crippen MR) is 104 cm³/mol. The van der Waals surface area contributed by atoms with Gasteiger partial charge in [0.2, 0.25) is 11.8 Å². The minimum Gasteiger partial charge on any atom is -0.326 e. The molecule has 2 aromatic rings. The first-order valence-electron chi connectivity index (χ1n) is 8.68. The predicted octanol–water partition coefficient (Wildman–Crippen LogP) is 3.47. The number of halogens is 4. The van der Waals surface area contributed by atoms with Gasteiger partial charge >= 0.3 is 6.18 Å². The van der Waals surface area contributed by atoms with Gasteiger partial charge in [0.15, 0.2) is 0 Å². The lowest BCUT2D eigenvalue weighted by Crippen LogP contribution is -2.18. The van der Waals surface area contributed by atoms with Crippen LogP contribution in [-0.4, -0.2) is 47.1 Å². The molecule has 0 unspecified atom stereocenters. The quantitative estimate of drug-likeness (QED) is 0.670. The highest BCUT2D eigenvalue weighted by Gasteiger charge is 2.33. The van der Waals surface area contributed by atoms with Gasteiger partial charge in [-0.2, -0.15) is 18.3 Å². The highest BCUT2D eigenvalue weighted by molar-refractivity contribution is 6.31. The Morgan fingerprint density at radius 1 is 1.14 bits per heavy atom. The van der Waals surface area contributed by atoms with Crippen molar-refractivity contribution in [3.63, 3.8) is 0 Å². The van der Waals surface area contributed by atoms with Crippen molar-refractivity contribution in [2.45, 2.75) is 25.6 Å². The first-order valence-corrected chi connectivity index (χ1v) is 9.06. The number of anilines is 2. The highest BCUT2D eigenvalue weighted by atomic mass is 35.5. The molecule has 0 bridgehead atoms. The normalized spacial score (nSPS) is 11.6. The SMILES string of the molecule is CN(C)CCn1cc(NC(=O)CCC(=O)Nc2ccc(Cl)c(C(F)(F)F)c2)cn1. The molecule has 0 radical (unpaired) electrons. The van der Waals surface area contributed by atoms with Gasteiger partial charge in [-0.15, -0.1) is 0 Å². The second-order valence-electron chi connectivity index (χ2n) is 6.58. The Bertz CT molecular complexity index is 867. The molecule has 0 aliphatic rings. The van der Waals surface area contributed by atoms with Gasteiger partial charge in [0, 0.05) is 31.3 Å². The summed E-state index contributed by atoms with van der Waals surface area (Å²) in [6.07, 6.45) is -1.78. The van der Waals surface area contributed by atoms with Gasteiger partial charge in [-0.1, -0.05) is 11.6 Å². The van der Waals surface area contributed by atoms with E-state index in [1.165, 1.54) is 12.3 Å². The molecule has 2 amide bonds. The fraction of sp³-hybridized carbons (Fsp3) is 0.389.